The highest BCUT2D eigenvalue weighted by atomic mass is 16.4. The minimum Gasteiger partial charge on any atom is -0.476 e. The third-order valence-electron chi connectivity index (χ3n) is 2.42. The first-order valence-corrected chi connectivity index (χ1v) is 5.04. The van der Waals surface area contributed by atoms with Gasteiger partial charge in [0, 0.05) is 12.4 Å². The zero-order valence-corrected chi connectivity index (χ0v) is 9.29. The van der Waals surface area contributed by atoms with Gasteiger partial charge in [0.1, 0.15) is 0 Å². The Morgan fingerprint density at radius 1 is 1.59 bits per heavy atom. The number of aromatic nitrogens is 3. The van der Waals surface area contributed by atoms with Gasteiger partial charge >= 0.3 is 5.97 Å². The summed E-state index contributed by atoms with van der Waals surface area (Å²) in [4.78, 5) is 15.0. The molecule has 0 atom stereocenters. The summed E-state index contributed by atoms with van der Waals surface area (Å²) < 4.78 is 1.48. The van der Waals surface area contributed by atoms with E-state index in [0.717, 1.165) is 11.3 Å². The molecule has 3 N–H and O–H groups in total. The molecular formula is C11H12N4O2. The topological polar surface area (TPSA) is 94.0 Å². The maximum Gasteiger partial charge on any atom is 0.358 e. The van der Waals surface area contributed by atoms with E-state index >= 15 is 0 Å². The van der Waals surface area contributed by atoms with E-state index in [1.54, 1.807) is 6.20 Å². The number of aromatic carboxylic acids is 1. The van der Waals surface area contributed by atoms with Crippen LogP contribution in [0.4, 0.5) is 5.69 Å². The minimum atomic E-state index is -1.13. The lowest BCUT2D eigenvalue weighted by Crippen LogP contribution is -2.06. The summed E-state index contributed by atoms with van der Waals surface area (Å²) in [6.45, 7) is 2.34. The zero-order chi connectivity index (χ0) is 12.4. The largest absolute Gasteiger partial charge is 0.476 e. The van der Waals surface area contributed by atoms with Gasteiger partial charge in [0.15, 0.2) is 5.69 Å². The molecule has 0 aromatic carbocycles. The Balaban J connectivity index is 2.28. The van der Waals surface area contributed by atoms with E-state index in [1.165, 1.54) is 10.9 Å². The van der Waals surface area contributed by atoms with Crippen LogP contribution in [-0.2, 0) is 6.54 Å². The van der Waals surface area contributed by atoms with Crippen LogP contribution in [0.5, 0.6) is 0 Å². The van der Waals surface area contributed by atoms with Gasteiger partial charge in [-0.3, -0.25) is 9.67 Å². The maximum atomic E-state index is 10.8. The van der Waals surface area contributed by atoms with Crippen molar-refractivity contribution >= 4 is 11.7 Å². The van der Waals surface area contributed by atoms with Gasteiger partial charge in [-0.1, -0.05) is 6.07 Å². The van der Waals surface area contributed by atoms with Crippen molar-refractivity contribution in [3.05, 3.63) is 41.5 Å². The van der Waals surface area contributed by atoms with Crippen molar-refractivity contribution in [1.29, 1.82) is 0 Å². The molecular weight excluding hydrogens is 220 g/mol. The second kappa shape index (κ2) is 4.25. The molecule has 2 aromatic rings. The molecule has 6 heteroatoms. The summed E-state index contributed by atoms with van der Waals surface area (Å²) in [6.07, 6.45) is 3.19. The van der Waals surface area contributed by atoms with Crippen LogP contribution >= 0.6 is 0 Å². The summed E-state index contributed by atoms with van der Waals surface area (Å²) in [5, 5.41) is 12.7. The Bertz CT molecular complexity index is 562. The fourth-order valence-corrected chi connectivity index (χ4v) is 1.52. The second-order valence-corrected chi connectivity index (χ2v) is 3.70. The molecule has 0 amide bonds. The van der Waals surface area contributed by atoms with E-state index in [9.17, 15) is 4.79 Å². The lowest BCUT2D eigenvalue weighted by Gasteiger charge is -2.03. The van der Waals surface area contributed by atoms with Crippen LogP contribution in [0.3, 0.4) is 0 Å². The van der Waals surface area contributed by atoms with Gasteiger partial charge in [-0.15, -0.1) is 0 Å². The molecule has 0 radical (unpaired) electrons. The van der Waals surface area contributed by atoms with Crippen LogP contribution < -0.4 is 5.73 Å². The number of carbonyl (C=O) groups is 1. The van der Waals surface area contributed by atoms with E-state index in [2.05, 4.69) is 10.1 Å². The van der Waals surface area contributed by atoms with Gasteiger partial charge < -0.3 is 10.8 Å². The highest BCUT2D eigenvalue weighted by Crippen LogP contribution is 2.11. The number of carboxylic acids is 1. The fourth-order valence-electron chi connectivity index (χ4n) is 1.52. The summed E-state index contributed by atoms with van der Waals surface area (Å²) in [7, 11) is 0. The first-order valence-electron chi connectivity index (χ1n) is 5.04. The molecule has 2 heterocycles. The molecule has 0 aliphatic carbocycles. The van der Waals surface area contributed by atoms with Crippen molar-refractivity contribution in [2.45, 2.75) is 13.5 Å². The first-order chi connectivity index (χ1) is 8.08. The summed E-state index contributed by atoms with van der Waals surface area (Å²) in [5.41, 5.74) is 7.45. The molecule has 0 bridgehead atoms. The monoisotopic (exact) mass is 232 g/mol. The number of nitrogens with two attached hydrogens (primary N) is 1. The predicted molar refractivity (Wildman–Crippen MR) is 61.7 cm³/mol. The molecule has 2 aromatic heterocycles. The van der Waals surface area contributed by atoms with E-state index in [4.69, 9.17) is 10.8 Å². The van der Waals surface area contributed by atoms with Gasteiger partial charge in [-0.2, -0.15) is 5.10 Å². The number of nitrogen functional groups attached to an aromatic ring is 1. The van der Waals surface area contributed by atoms with Gasteiger partial charge in [-0.25, -0.2) is 4.79 Å². The SMILES string of the molecule is Cc1cccnc1Cn1cc(N)c(C(=O)O)n1. The Kier molecular flexibility index (Phi) is 2.78. The van der Waals surface area contributed by atoms with E-state index in [0.29, 0.717) is 6.54 Å². The van der Waals surface area contributed by atoms with Gasteiger partial charge in [-0.05, 0) is 18.6 Å². The van der Waals surface area contributed by atoms with Crippen LogP contribution in [0, 0.1) is 6.92 Å². The Morgan fingerprint density at radius 2 is 2.35 bits per heavy atom. The number of aryl methyl sites for hydroxylation is 1. The molecule has 0 spiro atoms. The smallest absolute Gasteiger partial charge is 0.358 e. The number of pyridine rings is 1. The predicted octanol–water partition coefficient (Wildman–Crippen LogP) is 0.915. The Labute approximate surface area is 97.7 Å². The second-order valence-electron chi connectivity index (χ2n) is 3.70. The third kappa shape index (κ3) is 2.25. The normalized spacial score (nSPS) is 10.4. The third-order valence-corrected chi connectivity index (χ3v) is 2.42. The van der Waals surface area contributed by atoms with Gasteiger partial charge in [0.25, 0.3) is 0 Å². The first kappa shape index (κ1) is 11.1. The highest BCUT2D eigenvalue weighted by molar-refractivity contribution is 5.91. The van der Waals surface area contributed by atoms with Crippen molar-refractivity contribution in [2.75, 3.05) is 5.73 Å². The van der Waals surface area contributed by atoms with Crippen molar-refractivity contribution in [1.82, 2.24) is 14.8 Å². The standard InChI is InChI=1S/C11H12N4O2/c1-7-3-2-4-13-9(7)6-15-5-8(12)10(14-15)11(16)17/h2-5H,6,12H2,1H3,(H,16,17). The summed E-state index contributed by atoms with van der Waals surface area (Å²) in [5.74, 6) is -1.13. The van der Waals surface area contributed by atoms with Crippen LogP contribution in [-0.4, -0.2) is 25.8 Å². The molecule has 0 fully saturated rings. The average Bonchev–Trinajstić information content (AvgIpc) is 2.63. The zero-order valence-electron chi connectivity index (χ0n) is 9.29. The van der Waals surface area contributed by atoms with Crippen LogP contribution in [0.25, 0.3) is 0 Å². The van der Waals surface area contributed by atoms with E-state index in [1.807, 2.05) is 19.1 Å². The minimum absolute atomic E-state index is 0.126. The van der Waals surface area contributed by atoms with Crippen molar-refractivity contribution in [2.24, 2.45) is 0 Å². The molecule has 0 saturated heterocycles. The lowest BCUT2D eigenvalue weighted by atomic mass is 10.2. The number of anilines is 1. The van der Waals surface area contributed by atoms with Gasteiger partial charge in [0.05, 0.1) is 17.9 Å². The maximum absolute atomic E-state index is 10.8. The number of hydrogen-bond donors (Lipinski definition) is 2. The molecule has 6 nitrogen and oxygen atoms in total. The summed E-state index contributed by atoms with van der Waals surface area (Å²) in [6, 6.07) is 3.78. The Hall–Kier alpha value is -2.37. The molecule has 0 aliphatic rings. The Morgan fingerprint density at radius 3 is 2.94 bits per heavy atom. The molecule has 0 aliphatic heterocycles. The quantitative estimate of drug-likeness (QED) is 0.820. The number of hydrogen-bond acceptors (Lipinski definition) is 4. The van der Waals surface area contributed by atoms with E-state index < -0.39 is 5.97 Å². The van der Waals surface area contributed by atoms with Crippen LogP contribution in [0.2, 0.25) is 0 Å². The number of carboxylic acid groups (broad SMARTS) is 1. The van der Waals surface area contributed by atoms with Crippen molar-refractivity contribution in [3.63, 3.8) is 0 Å². The van der Waals surface area contributed by atoms with Crippen LogP contribution in [0.1, 0.15) is 21.7 Å². The van der Waals surface area contributed by atoms with Crippen molar-refractivity contribution < 1.29 is 9.90 Å². The molecule has 0 unspecified atom stereocenters. The van der Waals surface area contributed by atoms with Gasteiger partial charge in [0.2, 0.25) is 0 Å². The van der Waals surface area contributed by atoms with Crippen molar-refractivity contribution in [3.8, 4) is 0 Å². The molecule has 0 saturated carbocycles. The molecule has 88 valence electrons. The lowest BCUT2D eigenvalue weighted by molar-refractivity contribution is 0.0690. The fraction of sp³-hybridized carbons (Fsp3) is 0.182. The van der Waals surface area contributed by atoms with E-state index in [-0.39, 0.29) is 11.4 Å². The number of rotatable bonds is 3. The molecule has 2 rings (SSSR count). The summed E-state index contributed by atoms with van der Waals surface area (Å²) >= 11 is 0. The number of nitrogens with zero attached hydrogens (tertiary/aromatic N) is 3. The molecule has 17 heavy (non-hydrogen) atoms. The highest BCUT2D eigenvalue weighted by Gasteiger charge is 2.13. The average molecular weight is 232 g/mol. The van der Waals surface area contributed by atoms with Crippen LogP contribution in [0.15, 0.2) is 24.5 Å².